The van der Waals surface area contributed by atoms with Gasteiger partial charge >= 0.3 is 0 Å². The lowest BCUT2D eigenvalue weighted by atomic mass is 10.1. The van der Waals surface area contributed by atoms with Gasteiger partial charge in [0.05, 0.1) is 6.04 Å². The zero-order valence-electron chi connectivity index (χ0n) is 9.83. The molecule has 1 atom stereocenters. The molecule has 1 N–H and O–H groups in total. The Bertz CT molecular complexity index is 503. The zero-order chi connectivity index (χ0) is 12.4. The van der Waals surface area contributed by atoms with Crippen LogP contribution in [0.3, 0.4) is 0 Å². The standard InChI is InChI=1S/C13H14N2OS2/c16-12(10-1-2-10)15-11(13-14-4-6-18-13)7-9-3-5-17-8-9/h3-6,8,10-11H,1-2,7H2,(H,15,16). The lowest BCUT2D eigenvalue weighted by Gasteiger charge is -2.15. The van der Waals surface area contributed by atoms with Crippen LogP contribution in [0.25, 0.3) is 0 Å². The van der Waals surface area contributed by atoms with Gasteiger partial charge in [0.1, 0.15) is 5.01 Å². The van der Waals surface area contributed by atoms with Crippen LogP contribution < -0.4 is 5.32 Å². The van der Waals surface area contributed by atoms with E-state index in [1.54, 1.807) is 28.9 Å². The Hall–Kier alpha value is -1.20. The number of nitrogens with zero attached hydrogens (tertiary/aromatic N) is 1. The van der Waals surface area contributed by atoms with Gasteiger partial charge in [0.25, 0.3) is 0 Å². The summed E-state index contributed by atoms with van der Waals surface area (Å²) >= 11 is 3.29. The maximum atomic E-state index is 11.9. The van der Waals surface area contributed by atoms with Gasteiger partial charge < -0.3 is 5.32 Å². The van der Waals surface area contributed by atoms with Crippen molar-refractivity contribution in [1.82, 2.24) is 10.3 Å². The van der Waals surface area contributed by atoms with E-state index in [0.717, 1.165) is 24.3 Å². The largest absolute Gasteiger partial charge is 0.346 e. The first-order valence-electron chi connectivity index (χ1n) is 6.04. The molecule has 1 aliphatic rings. The Morgan fingerprint density at radius 2 is 2.39 bits per heavy atom. The molecule has 1 saturated carbocycles. The van der Waals surface area contributed by atoms with Gasteiger partial charge in [-0.15, -0.1) is 11.3 Å². The highest BCUT2D eigenvalue weighted by Gasteiger charge is 2.31. The Labute approximate surface area is 114 Å². The number of thiazole rings is 1. The predicted octanol–water partition coefficient (Wildman–Crippen LogP) is 3.01. The van der Waals surface area contributed by atoms with Crippen molar-refractivity contribution in [2.75, 3.05) is 0 Å². The molecule has 2 heterocycles. The number of rotatable bonds is 5. The highest BCUT2D eigenvalue weighted by molar-refractivity contribution is 7.09. The zero-order valence-corrected chi connectivity index (χ0v) is 11.5. The highest BCUT2D eigenvalue weighted by atomic mass is 32.1. The fraction of sp³-hybridized carbons (Fsp3) is 0.385. The van der Waals surface area contributed by atoms with Crippen molar-refractivity contribution in [2.24, 2.45) is 5.92 Å². The first kappa shape index (κ1) is 11.9. The second kappa shape index (κ2) is 5.20. The van der Waals surface area contributed by atoms with Crippen LogP contribution in [0.4, 0.5) is 0 Å². The van der Waals surface area contributed by atoms with Crippen LogP contribution in [0.5, 0.6) is 0 Å². The van der Waals surface area contributed by atoms with E-state index in [1.165, 1.54) is 5.56 Å². The van der Waals surface area contributed by atoms with Crippen LogP contribution in [0, 0.1) is 5.92 Å². The Balaban J connectivity index is 1.73. The third-order valence-electron chi connectivity index (χ3n) is 3.03. The second-order valence-corrected chi connectivity index (χ2v) is 6.25. The molecule has 0 aromatic carbocycles. The van der Waals surface area contributed by atoms with Crippen molar-refractivity contribution in [3.8, 4) is 0 Å². The summed E-state index contributed by atoms with van der Waals surface area (Å²) in [5.41, 5.74) is 1.26. The number of hydrogen-bond acceptors (Lipinski definition) is 4. The predicted molar refractivity (Wildman–Crippen MR) is 73.7 cm³/mol. The molecule has 0 saturated heterocycles. The number of carbonyl (C=O) groups excluding carboxylic acids is 1. The van der Waals surface area contributed by atoms with Crippen molar-refractivity contribution >= 4 is 28.6 Å². The van der Waals surface area contributed by atoms with Crippen molar-refractivity contribution in [3.63, 3.8) is 0 Å². The van der Waals surface area contributed by atoms with E-state index in [2.05, 4.69) is 27.1 Å². The van der Waals surface area contributed by atoms with E-state index in [-0.39, 0.29) is 17.9 Å². The van der Waals surface area contributed by atoms with Crippen LogP contribution in [0.2, 0.25) is 0 Å². The van der Waals surface area contributed by atoms with E-state index in [4.69, 9.17) is 0 Å². The molecule has 5 heteroatoms. The van der Waals surface area contributed by atoms with Gasteiger partial charge in [0, 0.05) is 23.9 Å². The average molecular weight is 278 g/mol. The Kier molecular flexibility index (Phi) is 3.43. The number of thiophene rings is 1. The molecule has 0 spiro atoms. The van der Waals surface area contributed by atoms with Gasteiger partial charge in [-0.05, 0) is 35.2 Å². The molecule has 0 bridgehead atoms. The first-order valence-corrected chi connectivity index (χ1v) is 7.86. The number of nitrogens with one attached hydrogen (secondary N) is 1. The fourth-order valence-electron chi connectivity index (χ4n) is 1.89. The molecule has 1 amide bonds. The fourth-order valence-corrected chi connectivity index (χ4v) is 3.26. The Morgan fingerprint density at radius 3 is 3.00 bits per heavy atom. The molecule has 1 fully saturated rings. The molecule has 1 aliphatic carbocycles. The van der Waals surface area contributed by atoms with Gasteiger partial charge in [0.2, 0.25) is 5.91 Å². The number of hydrogen-bond donors (Lipinski definition) is 1. The van der Waals surface area contributed by atoms with Crippen molar-refractivity contribution in [3.05, 3.63) is 39.0 Å². The molecule has 2 aromatic rings. The van der Waals surface area contributed by atoms with E-state index in [0.29, 0.717) is 0 Å². The van der Waals surface area contributed by atoms with Crippen LogP contribution in [-0.2, 0) is 11.2 Å². The molecule has 94 valence electrons. The minimum Gasteiger partial charge on any atom is -0.346 e. The molecular weight excluding hydrogens is 264 g/mol. The van der Waals surface area contributed by atoms with Gasteiger partial charge in [-0.1, -0.05) is 0 Å². The maximum Gasteiger partial charge on any atom is 0.223 e. The minimum atomic E-state index is 0.0210. The second-order valence-electron chi connectivity index (χ2n) is 4.54. The van der Waals surface area contributed by atoms with Crippen LogP contribution in [-0.4, -0.2) is 10.9 Å². The number of carbonyl (C=O) groups is 1. The van der Waals surface area contributed by atoms with E-state index < -0.39 is 0 Å². The molecule has 0 radical (unpaired) electrons. The molecule has 0 aliphatic heterocycles. The summed E-state index contributed by atoms with van der Waals surface area (Å²) < 4.78 is 0. The average Bonchev–Trinajstić information content (AvgIpc) is 2.88. The van der Waals surface area contributed by atoms with Crippen molar-refractivity contribution < 1.29 is 4.79 Å². The quantitative estimate of drug-likeness (QED) is 0.913. The van der Waals surface area contributed by atoms with Crippen LogP contribution in [0.1, 0.15) is 29.5 Å². The summed E-state index contributed by atoms with van der Waals surface area (Å²) in [7, 11) is 0. The van der Waals surface area contributed by atoms with E-state index in [1.807, 2.05) is 5.38 Å². The molecule has 3 rings (SSSR count). The Morgan fingerprint density at radius 1 is 1.50 bits per heavy atom. The van der Waals surface area contributed by atoms with Gasteiger partial charge in [0.15, 0.2) is 0 Å². The van der Waals surface area contributed by atoms with Gasteiger partial charge in [-0.25, -0.2) is 4.98 Å². The number of aromatic nitrogens is 1. The normalized spacial score (nSPS) is 16.4. The SMILES string of the molecule is O=C(NC(Cc1ccsc1)c1nccs1)C1CC1. The summed E-state index contributed by atoms with van der Waals surface area (Å²) in [6, 6.07) is 2.13. The summed E-state index contributed by atoms with van der Waals surface area (Å²) in [5.74, 6) is 0.431. The smallest absolute Gasteiger partial charge is 0.223 e. The lowest BCUT2D eigenvalue weighted by molar-refractivity contribution is -0.123. The summed E-state index contributed by atoms with van der Waals surface area (Å²) in [6.07, 6.45) is 4.70. The number of amides is 1. The van der Waals surface area contributed by atoms with Crippen LogP contribution >= 0.6 is 22.7 Å². The lowest BCUT2D eigenvalue weighted by Crippen LogP contribution is -2.30. The summed E-state index contributed by atoms with van der Waals surface area (Å²) in [4.78, 5) is 16.2. The van der Waals surface area contributed by atoms with E-state index in [9.17, 15) is 4.79 Å². The summed E-state index contributed by atoms with van der Waals surface area (Å²) in [5, 5.41) is 10.3. The minimum absolute atomic E-state index is 0.0210. The van der Waals surface area contributed by atoms with Crippen molar-refractivity contribution in [2.45, 2.75) is 25.3 Å². The monoisotopic (exact) mass is 278 g/mol. The topological polar surface area (TPSA) is 42.0 Å². The third kappa shape index (κ3) is 2.79. The molecule has 1 unspecified atom stereocenters. The highest BCUT2D eigenvalue weighted by Crippen LogP contribution is 2.30. The molecule has 2 aromatic heterocycles. The van der Waals surface area contributed by atoms with Gasteiger partial charge in [-0.2, -0.15) is 11.3 Å². The molecular formula is C13H14N2OS2. The molecule has 18 heavy (non-hydrogen) atoms. The molecule has 3 nitrogen and oxygen atoms in total. The summed E-state index contributed by atoms with van der Waals surface area (Å²) in [6.45, 7) is 0. The van der Waals surface area contributed by atoms with Crippen molar-refractivity contribution in [1.29, 1.82) is 0 Å². The van der Waals surface area contributed by atoms with E-state index >= 15 is 0 Å². The third-order valence-corrected chi connectivity index (χ3v) is 4.66. The van der Waals surface area contributed by atoms with Crippen LogP contribution in [0.15, 0.2) is 28.4 Å². The maximum absolute atomic E-state index is 11.9. The van der Waals surface area contributed by atoms with Gasteiger partial charge in [-0.3, -0.25) is 4.79 Å². The first-order chi connectivity index (χ1) is 8.83.